The second-order valence-electron chi connectivity index (χ2n) is 6.32. The first-order chi connectivity index (χ1) is 9.83. The smallest absolute Gasteiger partial charge is 0.0345 e. The number of aryl methyl sites for hydroxylation is 1. The summed E-state index contributed by atoms with van der Waals surface area (Å²) in [5.41, 5.74) is 2.19. The molecule has 1 aromatic carbocycles. The van der Waals surface area contributed by atoms with Gasteiger partial charge in [-0.2, -0.15) is 0 Å². The molecule has 0 radical (unpaired) electrons. The maximum absolute atomic E-state index is 3.34. The molecule has 1 aliphatic carbocycles. The molecule has 1 fully saturated rings. The molecule has 2 heteroatoms. The van der Waals surface area contributed by atoms with Crippen molar-refractivity contribution in [2.24, 2.45) is 5.41 Å². The van der Waals surface area contributed by atoms with Gasteiger partial charge >= 0.3 is 0 Å². The predicted octanol–water partition coefficient (Wildman–Crippen LogP) is 5.00. The average molecular weight is 287 g/mol. The molecule has 1 nitrogen and oxygen atoms in total. The first kappa shape index (κ1) is 14.1. The van der Waals surface area contributed by atoms with Gasteiger partial charge in [0.25, 0.3) is 0 Å². The number of thiophene rings is 1. The van der Waals surface area contributed by atoms with Crippen LogP contribution in [0.2, 0.25) is 0 Å². The summed E-state index contributed by atoms with van der Waals surface area (Å²) in [6.07, 6.45) is 9.74. The Labute approximate surface area is 126 Å². The Kier molecular flexibility index (Phi) is 4.42. The Balaban J connectivity index is 1.71. The third-order valence-electron chi connectivity index (χ3n) is 5.06. The lowest BCUT2D eigenvalue weighted by molar-refractivity contribution is 0.248. The lowest BCUT2D eigenvalue weighted by atomic mass is 9.77. The van der Waals surface area contributed by atoms with Gasteiger partial charge in [0.05, 0.1) is 0 Å². The van der Waals surface area contributed by atoms with E-state index in [9.17, 15) is 0 Å². The first-order valence-corrected chi connectivity index (χ1v) is 8.81. The van der Waals surface area contributed by atoms with Crippen LogP contribution in [0.1, 0.15) is 44.1 Å². The van der Waals surface area contributed by atoms with E-state index in [0.717, 1.165) is 0 Å². The van der Waals surface area contributed by atoms with Crippen molar-refractivity contribution in [3.63, 3.8) is 0 Å². The molecular weight excluding hydrogens is 262 g/mol. The Bertz CT molecular complexity index is 551. The molecule has 108 valence electrons. The quantitative estimate of drug-likeness (QED) is 0.788. The molecule has 0 unspecified atom stereocenters. The Morgan fingerprint density at radius 1 is 1.15 bits per heavy atom. The summed E-state index contributed by atoms with van der Waals surface area (Å²) in [6.45, 7) is 1.17. The van der Waals surface area contributed by atoms with Crippen molar-refractivity contribution < 1.29 is 0 Å². The fraction of sp³-hybridized carbons (Fsp3) is 0.556. The van der Waals surface area contributed by atoms with E-state index in [2.05, 4.69) is 42.0 Å². The molecule has 0 spiro atoms. The van der Waals surface area contributed by atoms with Crippen molar-refractivity contribution in [1.29, 1.82) is 0 Å². The van der Waals surface area contributed by atoms with Crippen LogP contribution >= 0.6 is 11.3 Å². The maximum Gasteiger partial charge on any atom is 0.0345 e. The van der Waals surface area contributed by atoms with Crippen molar-refractivity contribution >= 4 is 21.4 Å². The highest BCUT2D eigenvalue weighted by atomic mass is 32.1. The molecule has 0 saturated heterocycles. The molecule has 1 aliphatic rings. The summed E-state index contributed by atoms with van der Waals surface area (Å²) in [5, 5.41) is 7.21. The first-order valence-electron chi connectivity index (χ1n) is 7.93. The molecular formula is C18H25NS. The van der Waals surface area contributed by atoms with Crippen LogP contribution in [-0.2, 0) is 6.42 Å². The number of hydrogen-bond donors (Lipinski definition) is 1. The van der Waals surface area contributed by atoms with Crippen LogP contribution in [0.25, 0.3) is 10.1 Å². The highest BCUT2D eigenvalue weighted by molar-refractivity contribution is 7.17. The zero-order chi connectivity index (χ0) is 13.8. The van der Waals surface area contributed by atoms with Crippen molar-refractivity contribution in [3.05, 3.63) is 35.2 Å². The van der Waals surface area contributed by atoms with Gasteiger partial charge in [0.2, 0.25) is 0 Å². The number of benzene rings is 1. The summed E-state index contributed by atoms with van der Waals surface area (Å²) < 4.78 is 1.44. The lowest BCUT2D eigenvalue weighted by Crippen LogP contribution is -2.23. The number of fused-ring (bicyclic) bond motifs is 1. The molecule has 1 saturated carbocycles. The maximum atomic E-state index is 3.34. The fourth-order valence-electron chi connectivity index (χ4n) is 3.77. The third-order valence-corrected chi connectivity index (χ3v) is 6.07. The summed E-state index contributed by atoms with van der Waals surface area (Å²) in [6, 6.07) is 8.85. The summed E-state index contributed by atoms with van der Waals surface area (Å²) >= 11 is 1.90. The SMILES string of the molecule is CNCCC1(CCc2csc3ccccc23)CCCC1. The van der Waals surface area contributed by atoms with Gasteiger partial charge in [0.1, 0.15) is 0 Å². The van der Waals surface area contributed by atoms with E-state index in [4.69, 9.17) is 0 Å². The van der Waals surface area contributed by atoms with Gasteiger partial charge < -0.3 is 5.32 Å². The predicted molar refractivity (Wildman–Crippen MR) is 89.6 cm³/mol. The van der Waals surface area contributed by atoms with E-state index < -0.39 is 0 Å². The minimum absolute atomic E-state index is 0.617. The van der Waals surface area contributed by atoms with Gasteiger partial charge in [-0.1, -0.05) is 31.0 Å². The number of hydrogen-bond acceptors (Lipinski definition) is 2. The molecule has 20 heavy (non-hydrogen) atoms. The molecule has 1 aromatic heterocycles. The van der Waals surface area contributed by atoms with E-state index >= 15 is 0 Å². The number of nitrogens with one attached hydrogen (secondary N) is 1. The molecule has 0 bridgehead atoms. The molecule has 3 rings (SSSR count). The molecule has 1 heterocycles. The van der Waals surface area contributed by atoms with Crippen molar-refractivity contribution in [2.45, 2.75) is 44.9 Å². The average Bonchev–Trinajstić information content (AvgIpc) is 3.11. The van der Waals surface area contributed by atoms with Crippen molar-refractivity contribution in [2.75, 3.05) is 13.6 Å². The second kappa shape index (κ2) is 6.28. The zero-order valence-electron chi connectivity index (χ0n) is 12.5. The fourth-order valence-corrected chi connectivity index (χ4v) is 4.76. The Hall–Kier alpha value is -0.860. The zero-order valence-corrected chi connectivity index (χ0v) is 13.3. The van der Waals surface area contributed by atoms with Gasteiger partial charge in [0, 0.05) is 4.70 Å². The van der Waals surface area contributed by atoms with E-state index in [0.29, 0.717) is 5.41 Å². The minimum Gasteiger partial charge on any atom is -0.320 e. The van der Waals surface area contributed by atoms with Crippen LogP contribution in [0, 0.1) is 5.41 Å². The van der Waals surface area contributed by atoms with Gasteiger partial charge in [-0.15, -0.1) is 11.3 Å². The molecule has 0 aliphatic heterocycles. The van der Waals surface area contributed by atoms with Crippen LogP contribution in [0.15, 0.2) is 29.6 Å². The van der Waals surface area contributed by atoms with Gasteiger partial charge in [-0.3, -0.25) is 0 Å². The van der Waals surface area contributed by atoms with E-state index in [1.807, 2.05) is 11.3 Å². The minimum atomic E-state index is 0.617. The molecule has 0 atom stereocenters. The topological polar surface area (TPSA) is 12.0 Å². The lowest BCUT2D eigenvalue weighted by Gasteiger charge is -2.29. The Morgan fingerprint density at radius 3 is 2.75 bits per heavy atom. The highest BCUT2D eigenvalue weighted by Gasteiger charge is 2.32. The van der Waals surface area contributed by atoms with Crippen molar-refractivity contribution in [1.82, 2.24) is 5.32 Å². The summed E-state index contributed by atoms with van der Waals surface area (Å²) in [7, 11) is 2.08. The largest absolute Gasteiger partial charge is 0.320 e. The van der Waals surface area contributed by atoms with Crippen molar-refractivity contribution in [3.8, 4) is 0 Å². The number of rotatable bonds is 6. The summed E-state index contributed by atoms with van der Waals surface area (Å²) in [5.74, 6) is 0. The third kappa shape index (κ3) is 2.91. The van der Waals surface area contributed by atoms with Gasteiger partial charge in [-0.25, -0.2) is 0 Å². The van der Waals surface area contributed by atoms with Crippen LogP contribution in [0.4, 0.5) is 0 Å². The summed E-state index contributed by atoms with van der Waals surface area (Å²) in [4.78, 5) is 0. The van der Waals surface area contributed by atoms with Crippen LogP contribution in [0.5, 0.6) is 0 Å². The van der Waals surface area contributed by atoms with E-state index in [1.165, 1.54) is 61.6 Å². The Morgan fingerprint density at radius 2 is 1.95 bits per heavy atom. The van der Waals surface area contributed by atoms with Gasteiger partial charge in [-0.05, 0) is 73.5 Å². The van der Waals surface area contributed by atoms with Crippen LogP contribution in [0.3, 0.4) is 0 Å². The second-order valence-corrected chi connectivity index (χ2v) is 7.23. The standard InChI is InChI=1S/C18H25NS/c1-19-13-12-18(9-4-5-10-18)11-8-15-14-20-17-7-3-2-6-16(15)17/h2-3,6-7,14,19H,4-5,8-13H2,1H3. The van der Waals surface area contributed by atoms with Crippen LogP contribution < -0.4 is 5.32 Å². The van der Waals surface area contributed by atoms with E-state index in [-0.39, 0.29) is 0 Å². The molecule has 0 amide bonds. The molecule has 2 aromatic rings. The normalized spacial score (nSPS) is 17.9. The monoisotopic (exact) mass is 287 g/mol. The van der Waals surface area contributed by atoms with E-state index in [1.54, 1.807) is 5.56 Å². The highest BCUT2D eigenvalue weighted by Crippen LogP contribution is 2.45. The van der Waals surface area contributed by atoms with Crippen LogP contribution in [-0.4, -0.2) is 13.6 Å². The molecule has 1 N–H and O–H groups in total. The van der Waals surface area contributed by atoms with Gasteiger partial charge in [0.15, 0.2) is 0 Å².